The Morgan fingerprint density at radius 1 is 1.15 bits per heavy atom. The molecule has 14 heteroatoms. The molecule has 0 radical (unpaired) electrons. The third-order valence-corrected chi connectivity index (χ3v) is 4.23. The zero-order valence-electron chi connectivity index (χ0n) is 17.5. The molecular formula is C19H22BF3N4O6. The Morgan fingerprint density at radius 3 is 2.45 bits per heavy atom. The minimum atomic E-state index is -4.86. The van der Waals surface area contributed by atoms with E-state index in [1.165, 1.54) is 7.11 Å². The van der Waals surface area contributed by atoms with Crippen molar-refractivity contribution in [2.45, 2.75) is 24.6 Å². The SMILES string of the molecule is COC[C@@H](NC(=O)c1ccnc(C(F)(F)F)n1)C(=O)N[C@@H](CCOc1ccccc1)B(O)O. The fourth-order valence-corrected chi connectivity index (χ4v) is 2.60. The lowest BCUT2D eigenvalue weighted by Crippen LogP contribution is -2.55. The number of alkyl halides is 3. The molecule has 2 atom stereocenters. The van der Waals surface area contributed by atoms with Crippen LogP contribution in [0.3, 0.4) is 0 Å². The molecule has 0 fully saturated rings. The largest absolute Gasteiger partial charge is 0.494 e. The molecule has 0 spiro atoms. The van der Waals surface area contributed by atoms with Crippen LogP contribution in [-0.4, -0.2) is 71.3 Å². The molecule has 0 aliphatic carbocycles. The van der Waals surface area contributed by atoms with Crippen LogP contribution in [0.25, 0.3) is 0 Å². The lowest BCUT2D eigenvalue weighted by atomic mass is 9.77. The first-order chi connectivity index (χ1) is 15.6. The molecule has 1 aromatic carbocycles. The lowest BCUT2D eigenvalue weighted by Gasteiger charge is -2.22. The summed E-state index contributed by atoms with van der Waals surface area (Å²) < 4.78 is 48.7. The van der Waals surface area contributed by atoms with Gasteiger partial charge in [-0.2, -0.15) is 13.2 Å². The number of benzene rings is 1. The number of nitrogens with zero attached hydrogens (tertiary/aromatic N) is 2. The number of rotatable bonds is 11. The van der Waals surface area contributed by atoms with Crippen LogP contribution in [0.15, 0.2) is 42.6 Å². The molecule has 0 unspecified atom stereocenters. The summed E-state index contributed by atoms with van der Waals surface area (Å²) in [4.78, 5) is 31.2. The number of halogens is 3. The number of carbonyl (C=O) groups excluding carboxylic acids is 2. The monoisotopic (exact) mass is 470 g/mol. The van der Waals surface area contributed by atoms with Gasteiger partial charge in [0.1, 0.15) is 17.5 Å². The summed E-state index contributed by atoms with van der Waals surface area (Å²) in [6.45, 7) is -0.307. The number of hydrogen-bond acceptors (Lipinski definition) is 8. The van der Waals surface area contributed by atoms with E-state index < -0.39 is 48.6 Å². The quantitative estimate of drug-likeness (QED) is 0.342. The molecule has 0 bridgehead atoms. The minimum Gasteiger partial charge on any atom is -0.494 e. The standard InChI is InChI=1S/C19H22BF3N4O6/c1-32-11-14(25-16(28)13-7-9-24-18(26-13)19(21,22)23)17(29)27-15(20(30)31)8-10-33-12-5-3-2-4-6-12/h2-7,9,14-15,30-31H,8,10-11H2,1H3,(H,25,28)(H,27,29)/t14-,15+/m1/s1. The number of aromatic nitrogens is 2. The molecule has 33 heavy (non-hydrogen) atoms. The number of ether oxygens (including phenoxy) is 2. The van der Waals surface area contributed by atoms with E-state index in [1.54, 1.807) is 30.3 Å². The Labute approximate surface area is 187 Å². The smallest absolute Gasteiger partial charge is 0.475 e. The number of hydrogen-bond donors (Lipinski definition) is 4. The molecule has 0 saturated heterocycles. The van der Waals surface area contributed by atoms with Crippen LogP contribution in [0.5, 0.6) is 5.75 Å². The zero-order chi connectivity index (χ0) is 24.4. The van der Waals surface area contributed by atoms with Crippen LogP contribution in [0.1, 0.15) is 22.7 Å². The van der Waals surface area contributed by atoms with Gasteiger partial charge >= 0.3 is 13.3 Å². The predicted octanol–water partition coefficient (Wildman–Crippen LogP) is 0.206. The molecule has 10 nitrogen and oxygen atoms in total. The third-order valence-electron chi connectivity index (χ3n) is 4.23. The maximum absolute atomic E-state index is 12.8. The van der Waals surface area contributed by atoms with E-state index >= 15 is 0 Å². The average molecular weight is 470 g/mol. The van der Waals surface area contributed by atoms with Gasteiger partial charge in [-0.25, -0.2) is 9.97 Å². The van der Waals surface area contributed by atoms with Gasteiger partial charge in [-0.15, -0.1) is 0 Å². The van der Waals surface area contributed by atoms with Gasteiger partial charge in [0.05, 0.1) is 19.2 Å². The summed E-state index contributed by atoms with van der Waals surface area (Å²) in [6.07, 6.45) is -4.08. The van der Waals surface area contributed by atoms with Gasteiger partial charge in [0.25, 0.3) is 5.91 Å². The van der Waals surface area contributed by atoms with Gasteiger partial charge in [-0.05, 0) is 18.2 Å². The van der Waals surface area contributed by atoms with E-state index in [0.717, 1.165) is 12.3 Å². The fraction of sp³-hybridized carbons (Fsp3) is 0.368. The summed E-state index contributed by atoms with van der Waals surface area (Å²) in [7, 11) is -0.700. The van der Waals surface area contributed by atoms with Crippen molar-refractivity contribution in [1.29, 1.82) is 0 Å². The Kier molecular flexibility index (Phi) is 9.57. The molecule has 2 rings (SSSR count). The Bertz CT molecular complexity index is 920. The summed E-state index contributed by atoms with van der Waals surface area (Å²) in [5.74, 6) is -4.05. The molecule has 1 heterocycles. The summed E-state index contributed by atoms with van der Waals surface area (Å²) >= 11 is 0. The zero-order valence-corrected chi connectivity index (χ0v) is 17.5. The topological polar surface area (TPSA) is 143 Å². The van der Waals surface area contributed by atoms with Gasteiger partial charge in [0.2, 0.25) is 11.7 Å². The van der Waals surface area contributed by atoms with E-state index in [9.17, 15) is 32.8 Å². The van der Waals surface area contributed by atoms with Gasteiger partial charge in [0.15, 0.2) is 0 Å². The molecule has 2 aromatic rings. The van der Waals surface area contributed by atoms with Crippen molar-refractivity contribution in [2.24, 2.45) is 0 Å². The van der Waals surface area contributed by atoms with Crippen LogP contribution < -0.4 is 15.4 Å². The Hall–Kier alpha value is -3.23. The van der Waals surface area contributed by atoms with Gasteiger partial charge in [-0.3, -0.25) is 9.59 Å². The number of nitrogens with one attached hydrogen (secondary N) is 2. The van der Waals surface area contributed by atoms with Crippen molar-refractivity contribution in [2.75, 3.05) is 20.3 Å². The molecule has 0 saturated carbocycles. The first kappa shape index (κ1) is 26.0. The highest BCUT2D eigenvalue weighted by Gasteiger charge is 2.35. The normalized spacial score (nSPS) is 13.0. The number of carbonyl (C=O) groups is 2. The number of para-hydroxylation sites is 1. The second kappa shape index (κ2) is 12.1. The predicted molar refractivity (Wildman–Crippen MR) is 109 cm³/mol. The molecule has 4 N–H and O–H groups in total. The molecule has 0 aliphatic heterocycles. The van der Waals surface area contributed by atoms with Crippen LogP contribution in [-0.2, 0) is 15.7 Å². The first-order valence-corrected chi connectivity index (χ1v) is 9.66. The minimum absolute atomic E-state index is 0.00675. The molecule has 2 amide bonds. The maximum Gasteiger partial charge on any atom is 0.475 e. The number of amides is 2. The summed E-state index contributed by atoms with van der Waals surface area (Å²) in [6, 6.07) is 8.29. The number of methoxy groups -OCH3 is 1. The second-order valence-electron chi connectivity index (χ2n) is 6.72. The van der Waals surface area contributed by atoms with Crippen molar-refractivity contribution >= 4 is 18.9 Å². The lowest BCUT2D eigenvalue weighted by molar-refractivity contribution is -0.145. The van der Waals surface area contributed by atoms with Crippen molar-refractivity contribution < 1.29 is 42.3 Å². The molecule has 1 aromatic heterocycles. The van der Waals surface area contributed by atoms with E-state index in [2.05, 4.69) is 20.6 Å². The highest BCUT2D eigenvalue weighted by molar-refractivity contribution is 6.43. The summed E-state index contributed by atoms with van der Waals surface area (Å²) in [5.41, 5.74) is -0.610. The molecule has 0 aliphatic rings. The van der Waals surface area contributed by atoms with Crippen molar-refractivity contribution in [3.63, 3.8) is 0 Å². The van der Waals surface area contributed by atoms with Crippen LogP contribution in [0.2, 0.25) is 0 Å². The van der Waals surface area contributed by atoms with Crippen molar-refractivity contribution in [3.05, 3.63) is 54.1 Å². The summed E-state index contributed by atoms with van der Waals surface area (Å²) in [5, 5.41) is 23.7. The van der Waals surface area contributed by atoms with E-state index in [1.807, 2.05) is 0 Å². The Balaban J connectivity index is 2.01. The van der Waals surface area contributed by atoms with E-state index in [-0.39, 0.29) is 19.6 Å². The highest BCUT2D eigenvalue weighted by atomic mass is 19.4. The van der Waals surface area contributed by atoms with Crippen molar-refractivity contribution in [1.82, 2.24) is 20.6 Å². The first-order valence-electron chi connectivity index (χ1n) is 9.66. The average Bonchev–Trinajstić information content (AvgIpc) is 2.78. The fourth-order valence-electron chi connectivity index (χ4n) is 2.60. The van der Waals surface area contributed by atoms with E-state index in [4.69, 9.17) is 9.47 Å². The van der Waals surface area contributed by atoms with Crippen LogP contribution in [0, 0.1) is 0 Å². The van der Waals surface area contributed by atoms with Gasteiger partial charge in [0, 0.05) is 19.7 Å². The molecule has 178 valence electrons. The third kappa shape index (κ3) is 8.33. The van der Waals surface area contributed by atoms with Crippen LogP contribution in [0.4, 0.5) is 13.2 Å². The van der Waals surface area contributed by atoms with E-state index in [0.29, 0.717) is 5.75 Å². The van der Waals surface area contributed by atoms with Crippen LogP contribution >= 0.6 is 0 Å². The maximum atomic E-state index is 12.8. The highest BCUT2D eigenvalue weighted by Crippen LogP contribution is 2.25. The van der Waals surface area contributed by atoms with Gasteiger partial charge < -0.3 is 30.2 Å². The molecular weight excluding hydrogens is 448 g/mol. The van der Waals surface area contributed by atoms with Gasteiger partial charge in [-0.1, -0.05) is 18.2 Å². The Morgan fingerprint density at radius 2 is 1.85 bits per heavy atom. The second-order valence-corrected chi connectivity index (χ2v) is 6.72. The van der Waals surface area contributed by atoms with Crippen molar-refractivity contribution in [3.8, 4) is 5.75 Å².